The first-order valence-corrected chi connectivity index (χ1v) is 6.92. The molecule has 0 heterocycles. The van der Waals surface area contributed by atoms with Crippen molar-refractivity contribution in [2.45, 2.75) is 25.9 Å². The smallest absolute Gasteiger partial charge is 0.141 e. The lowest BCUT2D eigenvalue weighted by Crippen LogP contribution is -2.23. The van der Waals surface area contributed by atoms with Gasteiger partial charge < -0.3 is 5.32 Å². The molecule has 2 aromatic carbocycles. The molecule has 21 heavy (non-hydrogen) atoms. The first-order valence-electron chi connectivity index (χ1n) is 6.54. The first kappa shape index (κ1) is 15.9. The standard InChI is InChI=1S/C16H15ClF3N/c1-9(11-3-6-15(19)14(17)7-11)21-10(2)13-5-4-12(18)8-16(13)20/h3-10,21H,1-2H3. The molecule has 0 amide bonds. The zero-order chi connectivity index (χ0) is 15.6. The SMILES string of the molecule is CC(NC(C)c1ccc(F)cc1F)c1ccc(F)c(Cl)c1. The molecule has 112 valence electrons. The Morgan fingerprint density at radius 3 is 2.24 bits per heavy atom. The molecule has 0 aliphatic rings. The van der Waals surface area contributed by atoms with Crippen molar-refractivity contribution in [3.05, 3.63) is 70.0 Å². The fourth-order valence-corrected chi connectivity index (χ4v) is 2.38. The largest absolute Gasteiger partial charge is 0.304 e. The molecule has 0 bridgehead atoms. The van der Waals surface area contributed by atoms with Gasteiger partial charge in [-0.05, 0) is 37.6 Å². The van der Waals surface area contributed by atoms with Crippen LogP contribution < -0.4 is 5.32 Å². The predicted octanol–water partition coefficient (Wildman–Crippen LogP) is 5.17. The monoisotopic (exact) mass is 313 g/mol. The van der Waals surface area contributed by atoms with Crippen LogP contribution in [-0.2, 0) is 0 Å². The molecule has 1 N–H and O–H groups in total. The third kappa shape index (κ3) is 3.77. The minimum absolute atomic E-state index is 0.0433. The number of rotatable bonds is 4. The van der Waals surface area contributed by atoms with Crippen molar-refractivity contribution in [1.29, 1.82) is 0 Å². The summed E-state index contributed by atoms with van der Waals surface area (Å²) in [4.78, 5) is 0. The molecule has 2 unspecified atom stereocenters. The molecule has 0 saturated heterocycles. The summed E-state index contributed by atoms with van der Waals surface area (Å²) in [6, 6.07) is 7.43. The lowest BCUT2D eigenvalue weighted by molar-refractivity contribution is 0.470. The maximum Gasteiger partial charge on any atom is 0.141 e. The number of halogens is 4. The van der Waals surface area contributed by atoms with Crippen molar-refractivity contribution in [3.8, 4) is 0 Å². The van der Waals surface area contributed by atoms with E-state index in [-0.39, 0.29) is 17.1 Å². The quantitative estimate of drug-likeness (QED) is 0.821. The summed E-state index contributed by atoms with van der Waals surface area (Å²) in [6.07, 6.45) is 0. The van der Waals surface area contributed by atoms with Gasteiger partial charge in [-0.15, -0.1) is 0 Å². The van der Waals surface area contributed by atoms with Crippen LogP contribution in [0.2, 0.25) is 5.02 Å². The van der Waals surface area contributed by atoms with Gasteiger partial charge in [0.05, 0.1) is 5.02 Å². The highest BCUT2D eigenvalue weighted by Gasteiger charge is 2.15. The van der Waals surface area contributed by atoms with E-state index in [1.807, 2.05) is 6.92 Å². The second-order valence-corrected chi connectivity index (χ2v) is 5.36. The van der Waals surface area contributed by atoms with Gasteiger partial charge in [0.1, 0.15) is 17.5 Å². The lowest BCUT2D eigenvalue weighted by Gasteiger charge is -2.21. The molecule has 2 aromatic rings. The third-order valence-corrected chi connectivity index (χ3v) is 3.66. The van der Waals surface area contributed by atoms with E-state index < -0.39 is 17.5 Å². The van der Waals surface area contributed by atoms with E-state index in [1.165, 1.54) is 24.3 Å². The van der Waals surface area contributed by atoms with Crippen molar-refractivity contribution < 1.29 is 13.2 Å². The van der Waals surface area contributed by atoms with E-state index in [1.54, 1.807) is 13.0 Å². The van der Waals surface area contributed by atoms with Crippen LogP contribution in [0.1, 0.15) is 37.1 Å². The first-order chi connectivity index (χ1) is 9.88. The molecule has 0 aliphatic heterocycles. The molecule has 2 atom stereocenters. The molecule has 0 saturated carbocycles. The van der Waals surface area contributed by atoms with Crippen LogP contribution in [0.5, 0.6) is 0 Å². The molecular weight excluding hydrogens is 299 g/mol. The van der Waals surface area contributed by atoms with Crippen LogP contribution in [-0.4, -0.2) is 0 Å². The van der Waals surface area contributed by atoms with Gasteiger partial charge in [-0.3, -0.25) is 0 Å². The fraction of sp³-hybridized carbons (Fsp3) is 0.250. The summed E-state index contributed by atoms with van der Waals surface area (Å²) >= 11 is 5.75. The van der Waals surface area contributed by atoms with E-state index in [9.17, 15) is 13.2 Å². The van der Waals surface area contributed by atoms with Gasteiger partial charge in [0.2, 0.25) is 0 Å². The Morgan fingerprint density at radius 1 is 0.905 bits per heavy atom. The zero-order valence-corrected chi connectivity index (χ0v) is 12.4. The Morgan fingerprint density at radius 2 is 1.62 bits per heavy atom. The van der Waals surface area contributed by atoms with Crippen molar-refractivity contribution in [2.24, 2.45) is 0 Å². The van der Waals surface area contributed by atoms with Crippen molar-refractivity contribution in [3.63, 3.8) is 0 Å². The average molecular weight is 314 g/mol. The average Bonchev–Trinajstić information content (AvgIpc) is 2.41. The lowest BCUT2D eigenvalue weighted by atomic mass is 10.0. The number of hydrogen-bond acceptors (Lipinski definition) is 1. The van der Waals surface area contributed by atoms with Crippen LogP contribution in [0, 0.1) is 17.5 Å². The van der Waals surface area contributed by atoms with Crippen LogP contribution >= 0.6 is 11.6 Å². The van der Waals surface area contributed by atoms with Gasteiger partial charge in [-0.1, -0.05) is 23.7 Å². The van der Waals surface area contributed by atoms with Gasteiger partial charge in [0.15, 0.2) is 0 Å². The molecule has 0 aromatic heterocycles. The minimum Gasteiger partial charge on any atom is -0.304 e. The zero-order valence-electron chi connectivity index (χ0n) is 11.6. The Hall–Kier alpha value is -1.52. The Bertz CT molecular complexity index is 645. The molecule has 1 nitrogen and oxygen atoms in total. The number of hydrogen-bond donors (Lipinski definition) is 1. The number of benzene rings is 2. The highest BCUT2D eigenvalue weighted by atomic mass is 35.5. The van der Waals surface area contributed by atoms with Gasteiger partial charge in [-0.2, -0.15) is 0 Å². The van der Waals surface area contributed by atoms with Crippen LogP contribution in [0.3, 0.4) is 0 Å². The molecular formula is C16H15ClF3N. The Labute approximate surface area is 126 Å². The Kier molecular flexibility index (Phi) is 4.91. The molecule has 0 aliphatic carbocycles. The van der Waals surface area contributed by atoms with Crippen molar-refractivity contribution in [2.75, 3.05) is 0 Å². The van der Waals surface area contributed by atoms with Gasteiger partial charge in [-0.25, -0.2) is 13.2 Å². The summed E-state index contributed by atoms with van der Waals surface area (Å²) in [6.45, 7) is 3.64. The van der Waals surface area contributed by atoms with Crippen LogP contribution in [0.25, 0.3) is 0 Å². The summed E-state index contributed by atoms with van der Waals surface area (Å²) in [5.41, 5.74) is 1.16. The van der Waals surface area contributed by atoms with E-state index >= 15 is 0 Å². The van der Waals surface area contributed by atoms with Gasteiger partial charge in [0, 0.05) is 23.7 Å². The van der Waals surface area contributed by atoms with Gasteiger partial charge in [0.25, 0.3) is 0 Å². The topological polar surface area (TPSA) is 12.0 Å². The summed E-state index contributed by atoms with van der Waals surface area (Å²) < 4.78 is 39.8. The maximum absolute atomic E-state index is 13.7. The predicted molar refractivity (Wildman–Crippen MR) is 77.7 cm³/mol. The van der Waals surface area contributed by atoms with Crippen LogP contribution in [0.4, 0.5) is 13.2 Å². The van der Waals surface area contributed by atoms with Crippen molar-refractivity contribution in [1.82, 2.24) is 5.32 Å². The molecule has 0 fully saturated rings. The third-order valence-electron chi connectivity index (χ3n) is 3.37. The van der Waals surface area contributed by atoms with Gasteiger partial charge >= 0.3 is 0 Å². The summed E-state index contributed by atoms with van der Waals surface area (Å²) in [5, 5.41) is 3.22. The van der Waals surface area contributed by atoms with Crippen LogP contribution in [0.15, 0.2) is 36.4 Å². The summed E-state index contributed by atoms with van der Waals surface area (Å²) in [7, 11) is 0. The van der Waals surface area contributed by atoms with E-state index in [4.69, 9.17) is 11.6 Å². The molecule has 0 spiro atoms. The fourth-order valence-electron chi connectivity index (χ4n) is 2.20. The van der Waals surface area contributed by atoms with E-state index in [2.05, 4.69) is 5.32 Å². The minimum atomic E-state index is -0.609. The highest BCUT2D eigenvalue weighted by Crippen LogP contribution is 2.24. The second-order valence-electron chi connectivity index (χ2n) is 4.95. The summed E-state index contributed by atoms with van der Waals surface area (Å²) in [5.74, 6) is -1.69. The molecule has 2 rings (SSSR count). The van der Waals surface area contributed by atoms with E-state index in [0.717, 1.165) is 11.6 Å². The molecule has 0 radical (unpaired) electrons. The maximum atomic E-state index is 13.7. The molecule has 5 heteroatoms. The van der Waals surface area contributed by atoms with Crippen molar-refractivity contribution >= 4 is 11.6 Å². The normalized spacial score (nSPS) is 14.0. The number of nitrogens with one attached hydrogen (secondary N) is 1. The highest BCUT2D eigenvalue weighted by molar-refractivity contribution is 6.30. The Balaban J connectivity index is 2.14. The van der Waals surface area contributed by atoms with E-state index in [0.29, 0.717) is 5.56 Å². The second kappa shape index (κ2) is 6.50.